The zero-order valence-corrected chi connectivity index (χ0v) is 10.1. The normalized spacial score (nSPS) is 16.1. The van der Waals surface area contributed by atoms with Crippen LogP contribution in [0.3, 0.4) is 0 Å². The van der Waals surface area contributed by atoms with Crippen LogP contribution in [0.5, 0.6) is 5.75 Å². The summed E-state index contributed by atoms with van der Waals surface area (Å²) in [5, 5.41) is 1.65. The molecule has 1 aromatic rings. The summed E-state index contributed by atoms with van der Waals surface area (Å²) in [7, 11) is 0. The highest BCUT2D eigenvalue weighted by Gasteiger charge is 2.16. The molecule has 4 nitrogen and oxygen atoms in total. The molecule has 0 aromatic heterocycles. The molecule has 1 N–H and O–H groups in total. The molecule has 0 radical (unpaired) electrons. The number of hydrogen-bond donors (Lipinski definition) is 1. The number of nitrogens with one attached hydrogen (secondary N) is 1. The molecule has 1 amide bonds. The van der Waals surface area contributed by atoms with Crippen molar-refractivity contribution in [3.8, 4) is 5.75 Å². The molecule has 1 aliphatic rings. The Balaban J connectivity index is 1.75. The van der Waals surface area contributed by atoms with E-state index in [9.17, 15) is 4.79 Å². The third-order valence-electron chi connectivity index (χ3n) is 2.78. The predicted octanol–water partition coefficient (Wildman–Crippen LogP) is 1.50. The van der Waals surface area contributed by atoms with E-state index in [0.29, 0.717) is 19.6 Å². The summed E-state index contributed by atoms with van der Waals surface area (Å²) < 4.78 is 5.58. The van der Waals surface area contributed by atoms with Crippen LogP contribution in [0.25, 0.3) is 0 Å². The zero-order chi connectivity index (χ0) is 12.1. The maximum absolute atomic E-state index is 11.5. The Labute approximate surface area is 102 Å². The summed E-state index contributed by atoms with van der Waals surface area (Å²) in [5.74, 6) is 1.00. The first-order valence-electron chi connectivity index (χ1n) is 5.99. The minimum absolute atomic E-state index is 0.156. The van der Waals surface area contributed by atoms with Gasteiger partial charge < -0.3 is 4.74 Å². The number of hydrazine groups is 1. The SMILES string of the molecule is Cc1ccc(OCCN2NCCCC2=O)cc1. The summed E-state index contributed by atoms with van der Waals surface area (Å²) in [6.45, 7) is 4.02. The van der Waals surface area contributed by atoms with Crippen LogP contribution in [0.1, 0.15) is 18.4 Å². The average molecular weight is 234 g/mol. The monoisotopic (exact) mass is 234 g/mol. The molecule has 0 unspecified atom stereocenters. The van der Waals surface area contributed by atoms with Crippen LogP contribution in [0, 0.1) is 6.92 Å². The van der Waals surface area contributed by atoms with Crippen LogP contribution < -0.4 is 10.2 Å². The number of carbonyl (C=O) groups is 1. The van der Waals surface area contributed by atoms with Gasteiger partial charge in [-0.1, -0.05) is 17.7 Å². The lowest BCUT2D eigenvalue weighted by molar-refractivity contribution is -0.137. The summed E-state index contributed by atoms with van der Waals surface area (Å²) in [5.41, 5.74) is 4.28. The van der Waals surface area contributed by atoms with Crippen LogP contribution >= 0.6 is 0 Å². The van der Waals surface area contributed by atoms with Crippen molar-refractivity contribution in [1.29, 1.82) is 0 Å². The van der Waals surface area contributed by atoms with E-state index >= 15 is 0 Å². The fraction of sp³-hybridized carbons (Fsp3) is 0.462. The van der Waals surface area contributed by atoms with E-state index in [-0.39, 0.29) is 5.91 Å². The van der Waals surface area contributed by atoms with Gasteiger partial charge in [0.05, 0.1) is 6.54 Å². The smallest absolute Gasteiger partial charge is 0.236 e. The molecule has 1 heterocycles. The molecule has 0 atom stereocenters. The van der Waals surface area contributed by atoms with E-state index in [2.05, 4.69) is 5.43 Å². The standard InChI is InChI=1S/C13H18N2O2/c1-11-4-6-12(7-5-11)17-10-9-15-13(16)3-2-8-14-15/h4-7,14H,2-3,8-10H2,1H3. The van der Waals surface area contributed by atoms with Crippen molar-refractivity contribution in [3.63, 3.8) is 0 Å². The first-order valence-corrected chi connectivity index (χ1v) is 5.99. The number of rotatable bonds is 4. The minimum atomic E-state index is 0.156. The molecule has 1 aromatic carbocycles. The second kappa shape index (κ2) is 5.68. The Morgan fingerprint density at radius 1 is 1.35 bits per heavy atom. The third-order valence-corrected chi connectivity index (χ3v) is 2.78. The first-order chi connectivity index (χ1) is 8.25. The molecule has 2 rings (SSSR count). The van der Waals surface area contributed by atoms with Gasteiger partial charge in [-0.3, -0.25) is 9.80 Å². The van der Waals surface area contributed by atoms with Crippen molar-refractivity contribution in [2.75, 3.05) is 19.7 Å². The molecule has 0 bridgehead atoms. The van der Waals surface area contributed by atoms with Crippen molar-refractivity contribution in [1.82, 2.24) is 10.4 Å². The quantitative estimate of drug-likeness (QED) is 0.858. The van der Waals surface area contributed by atoms with Gasteiger partial charge in [0.1, 0.15) is 12.4 Å². The van der Waals surface area contributed by atoms with Crippen LogP contribution in [0.4, 0.5) is 0 Å². The molecule has 0 spiro atoms. The molecule has 1 aliphatic heterocycles. The number of benzene rings is 1. The Hall–Kier alpha value is -1.55. The van der Waals surface area contributed by atoms with Gasteiger partial charge >= 0.3 is 0 Å². The second-order valence-electron chi connectivity index (χ2n) is 4.22. The predicted molar refractivity (Wildman–Crippen MR) is 65.6 cm³/mol. The summed E-state index contributed by atoms with van der Waals surface area (Å²) in [6, 6.07) is 7.92. The van der Waals surface area contributed by atoms with E-state index < -0.39 is 0 Å². The topological polar surface area (TPSA) is 41.6 Å². The van der Waals surface area contributed by atoms with Crippen LogP contribution in [-0.2, 0) is 4.79 Å². The lowest BCUT2D eigenvalue weighted by Gasteiger charge is -2.27. The lowest BCUT2D eigenvalue weighted by atomic mass is 10.2. The molecular formula is C13H18N2O2. The van der Waals surface area contributed by atoms with Gasteiger partial charge in [0.15, 0.2) is 0 Å². The molecule has 1 saturated heterocycles. The molecule has 1 fully saturated rings. The Kier molecular flexibility index (Phi) is 3.98. The summed E-state index contributed by atoms with van der Waals surface area (Å²) in [4.78, 5) is 11.5. The van der Waals surface area contributed by atoms with Crippen LogP contribution in [-0.4, -0.2) is 30.6 Å². The van der Waals surface area contributed by atoms with Crippen molar-refractivity contribution < 1.29 is 9.53 Å². The minimum Gasteiger partial charge on any atom is -0.492 e. The molecule has 17 heavy (non-hydrogen) atoms. The maximum Gasteiger partial charge on any atom is 0.236 e. The summed E-state index contributed by atoms with van der Waals surface area (Å²) in [6.07, 6.45) is 1.56. The molecular weight excluding hydrogens is 216 g/mol. The largest absolute Gasteiger partial charge is 0.492 e. The molecule has 92 valence electrons. The zero-order valence-electron chi connectivity index (χ0n) is 10.1. The number of aryl methyl sites for hydroxylation is 1. The van der Waals surface area contributed by atoms with Crippen LogP contribution in [0.15, 0.2) is 24.3 Å². The molecule has 0 aliphatic carbocycles. The van der Waals surface area contributed by atoms with Crippen molar-refractivity contribution >= 4 is 5.91 Å². The number of amides is 1. The first kappa shape index (κ1) is 11.9. The fourth-order valence-electron chi connectivity index (χ4n) is 1.77. The highest BCUT2D eigenvalue weighted by atomic mass is 16.5. The number of ether oxygens (including phenoxy) is 1. The van der Waals surface area contributed by atoms with Gasteiger partial charge in [0.25, 0.3) is 0 Å². The van der Waals surface area contributed by atoms with Crippen LogP contribution in [0.2, 0.25) is 0 Å². The Morgan fingerprint density at radius 2 is 2.12 bits per heavy atom. The van der Waals surface area contributed by atoms with Crippen molar-refractivity contribution in [2.24, 2.45) is 0 Å². The van der Waals surface area contributed by atoms with Gasteiger partial charge in [-0.25, -0.2) is 5.43 Å². The Morgan fingerprint density at radius 3 is 2.82 bits per heavy atom. The van der Waals surface area contributed by atoms with E-state index in [1.54, 1.807) is 5.01 Å². The second-order valence-corrected chi connectivity index (χ2v) is 4.22. The number of nitrogens with zero attached hydrogens (tertiary/aromatic N) is 1. The van der Waals surface area contributed by atoms with Gasteiger partial charge in [0, 0.05) is 13.0 Å². The van der Waals surface area contributed by atoms with Crippen molar-refractivity contribution in [2.45, 2.75) is 19.8 Å². The molecule has 4 heteroatoms. The average Bonchev–Trinajstić information content (AvgIpc) is 2.34. The Bertz CT molecular complexity index is 376. The highest BCUT2D eigenvalue weighted by molar-refractivity contribution is 5.76. The number of carbonyl (C=O) groups excluding carboxylic acids is 1. The van der Waals surface area contributed by atoms with E-state index in [0.717, 1.165) is 18.7 Å². The van der Waals surface area contributed by atoms with Gasteiger partial charge in [-0.05, 0) is 25.5 Å². The third kappa shape index (κ3) is 3.46. The van der Waals surface area contributed by atoms with Gasteiger partial charge in [-0.15, -0.1) is 0 Å². The van der Waals surface area contributed by atoms with E-state index in [1.165, 1.54) is 5.56 Å². The van der Waals surface area contributed by atoms with Gasteiger partial charge in [-0.2, -0.15) is 0 Å². The fourth-order valence-corrected chi connectivity index (χ4v) is 1.77. The van der Waals surface area contributed by atoms with E-state index in [4.69, 9.17) is 4.74 Å². The molecule has 0 saturated carbocycles. The van der Waals surface area contributed by atoms with Crippen molar-refractivity contribution in [3.05, 3.63) is 29.8 Å². The van der Waals surface area contributed by atoms with E-state index in [1.807, 2.05) is 31.2 Å². The number of hydrogen-bond acceptors (Lipinski definition) is 3. The summed E-state index contributed by atoms with van der Waals surface area (Å²) >= 11 is 0. The maximum atomic E-state index is 11.5. The van der Waals surface area contributed by atoms with Gasteiger partial charge in [0.2, 0.25) is 5.91 Å². The lowest BCUT2D eigenvalue weighted by Crippen LogP contribution is -2.48. The highest BCUT2D eigenvalue weighted by Crippen LogP contribution is 2.11.